The molecule has 4 N–H and O–H groups in total. The SMILES string of the molecule is CNC(c1ccc(OC)c(F)c1F)c1c(N)ncnc1NC(C)/C(=N/C1CC=CC(Cl)=C1C)N(C=O)N1CCN(C)CC1. The van der Waals surface area contributed by atoms with Crippen molar-refractivity contribution in [2.24, 2.45) is 4.99 Å². The molecular weight excluding hydrogens is 580 g/mol. The van der Waals surface area contributed by atoms with Crippen molar-refractivity contribution in [2.45, 2.75) is 38.4 Å². The van der Waals surface area contributed by atoms with Crippen molar-refractivity contribution in [3.63, 3.8) is 0 Å². The maximum Gasteiger partial charge on any atom is 0.229 e. The van der Waals surface area contributed by atoms with E-state index in [2.05, 4.69) is 25.5 Å². The fraction of sp³-hybridized carbons (Fsp3) is 0.448. The van der Waals surface area contributed by atoms with Gasteiger partial charge < -0.3 is 26.0 Å². The number of nitrogen functional groups attached to an aromatic ring is 1. The van der Waals surface area contributed by atoms with E-state index in [1.54, 1.807) is 7.05 Å². The molecule has 0 bridgehead atoms. The topological polar surface area (TPSA) is 124 Å². The third kappa shape index (κ3) is 6.96. The number of carbonyl (C=O) groups is 1. The molecule has 1 aromatic heterocycles. The summed E-state index contributed by atoms with van der Waals surface area (Å²) in [7, 11) is 4.89. The number of anilines is 2. The fourth-order valence-electron chi connectivity index (χ4n) is 5.18. The van der Waals surface area contributed by atoms with E-state index in [-0.39, 0.29) is 29.0 Å². The highest BCUT2D eigenvalue weighted by Gasteiger charge is 2.31. The molecule has 1 aromatic carbocycles. The van der Waals surface area contributed by atoms with Gasteiger partial charge in [0.15, 0.2) is 11.6 Å². The highest BCUT2D eigenvalue weighted by atomic mass is 35.5. The van der Waals surface area contributed by atoms with Gasteiger partial charge in [-0.2, -0.15) is 4.39 Å². The minimum Gasteiger partial charge on any atom is -0.494 e. The first kappa shape index (κ1) is 32.3. The number of amidine groups is 1. The first-order chi connectivity index (χ1) is 20.6. The van der Waals surface area contributed by atoms with E-state index >= 15 is 4.39 Å². The van der Waals surface area contributed by atoms with E-state index in [0.29, 0.717) is 35.9 Å². The van der Waals surface area contributed by atoms with Crippen LogP contribution in [0.2, 0.25) is 0 Å². The standard InChI is InChI=1S/C29H38ClF2N9O2/c1-17-20(30)7-6-8-21(17)38-29(41(16-42)40-13-11-39(4)12-14-40)18(2)37-28-23(27(33)35-15-36-28)26(34-3)19-9-10-22(43-5)25(32)24(19)31/h6-7,9-10,15-16,18,21,26,34H,8,11-14H2,1-5H3,(H3,33,35,36,37)/b38-29-. The van der Waals surface area contributed by atoms with Crippen molar-refractivity contribution in [1.29, 1.82) is 0 Å². The fourth-order valence-corrected chi connectivity index (χ4v) is 5.40. The normalized spacial score (nSPS) is 19.7. The van der Waals surface area contributed by atoms with E-state index in [1.165, 1.54) is 30.6 Å². The molecule has 2 heterocycles. The Morgan fingerprint density at radius 3 is 2.63 bits per heavy atom. The predicted octanol–water partition coefficient (Wildman–Crippen LogP) is 3.32. The second kappa shape index (κ2) is 14.2. The number of carbonyl (C=O) groups excluding carboxylic acids is 1. The van der Waals surface area contributed by atoms with Crippen LogP contribution in [0, 0.1) is 11.6 Å². The molecule has 2 aliphatic rings. The minimum absolute atomic E-state index is 0.0109. The smallest absolute Gasteiger partial charge is 0.229 e. The number of nitrogens with one attached hydrogen (secondary N) is 2. The number of hydrogen-bond acceptors (Lipinski definition) is 10. The molecule has 1 aliphatic carbocycles. The molecule has 1 saturated heterocycles. The first-order valence-corrected chi connectivity index (χ1v) is 14.3. The number of amides is 1. The lowest BCUT2D eigenvalue weighted by Crippen LogP contribution is -2.57. The van der Waals surface area contributed by atoms with Crippen LogP contribution in [0.5, 0.6) is 5.75 Å². The third-order valence-corrected chi connectivity index (χ3v) is 8.17. The first-order valence-electron chi connectivity index (χ1n) is 14.0. The van der Waals surface area contributed by atoms with Crippen LogP contribution in [-0.4, -0.2) is 96.6 Å². The van der Waals surface area contributed by atoms with Gasteiger partial charge in [-0.05, 0) is 52.1 Å². The molecule has 0 spiro atoms. The van der Waals surface area contributed by atoms with Gasteiger partial charge in [0.2, 0.25) is 12.2 Å². The average molecular weight is 618 g/mol. The van der Waals surface area contributed by atoms with Crippen LogP contribution in [0.4, 0.5) is 20.4 Å². The number of allylic oxidation sites excluding steroid dienone is 2. The predicted molar refractivity (Wildman–Crippen MR) is 164 cm³/mol. The van der Waals surface area contributed by atoms with Crippen LogP contribution in [0.3, 0.4) is 0 Å². The number of aromatic nitrogens is 2. The van der Waals surface area contributed by atoms with Gasteiger partial charge in [0.25, 0.3) is 0 Å². The van der Waals surface area contributed by atoms with Gasteiger partial charge in [-0.15, -0.1) is 0 Å². The average Bonchev–Trinajstić information content (AvgIpc) is 2.99. The van der Waals surface area contributed by atoms with Gasteiger partial charge in [-0.1, -0.05) is 23.7 Å². The van der Waals surface area contributed by atoms with Crippen LogP contribution < -0.4 is 21.1 Å². The zero-order valence-corrected chi connectivity index (χ0v) is 25.7. The van der Waals surface area contributed by atoms with Crippen molar-refractivity contribution in [1.82, 2.24) is 30.2 Å². The monoisotopic (exact) mass is 617 g/mol. The number of nitrogens with zero attached hydrogens (tertiary/aromatic N) is 6. The van der Waals surface area contributed by atoms with Gasteiger partial charge in [-0.25, -0.2) is 24.4 Å². The van der Waals surface area contributed by atoms with E-state index in [9.17, 15) is 9.18 Å². The quantitative estimate of drug-likeness (QED) is 0.209. The summed E-state index contributed by atoms with van der Waals surface area (Å²) < 4.78 is 34.9. The molecule has 4 rings (SSSR count). The van der Waals surface area contributed by atoms with Crippen molar-refractivity contribution in [2.75, 3.05) is 58.4 Å². The Morgan fingerprint density at radius 2 is 1.98 bits per heavy atom. The number of piperazine rings is 1. The summed E-state index contributed by atoms with van der Waals surface area (Å²) in [5, 5.41) is 10.4. The molecular formula is C29H38ClF2N9O2. The molecule has 1 fully saturated rings. The molecule has 3 unspecified atom stereocenters. The van der Waals surface area contributed by atoms with E-state index in [4.69, 9.17) is 27.1 Å². The number of benzene rings is 1. The molecule has 2 aromatic rings. The third-order valence-electron chi connectivity index (χ3n) is 7.75. The van der Waals surface area contributed by atoms with E-state index < -0.39 is 23.7 Å². The zero-order chi connectivity index (χ0) is 31.3. The summed E-state index contributed by atoms with van der Waals surface area (Å²) in [5.74, 6) is -1.66. The number of likely N-dealkylation sites (N-methyl/N-ethyl adjacent to an activating group) is 1. The zero-order valence-electron chi connectivity index (χ0n) is 24.9. The van der Waals surface area contributed by atoms with Crippen molar-refractivity contribution >= 4 is 35.5 Å². The summed E-state index contributed by atoms with van der Waals surface area (Å²) in [6, 6.07) is 0.954. The van der Waals surface area contributed by atoms with E-state index in [0.717, 1.165) is 25.1 Å². The number of hydrazine groups is 1. The van der Waals surface area contributed by atoms with Crippen LogP contribution in [0.15, 0.2) is 46.2 Å². The maximum atomic E-state index is 15.2. The van der Waals surface area contributed by atoms with Gasteiger partial charge in [0.05, 0.1) is 30.8 Å². The van der Waals surface area contributed by atoms with Gasteiger partial charge in [0, 0.05) is 36.8 Å². The lowest BCUT2D eigenvalue weighted by atomic mass is 9.98. The second-order valence-corrected chi connectivity index (χ2v) is 10.9. The Bertz CT molecular complexity index is 1410. The van der Waals surface area contributed by atoms with E-state index in [1.807, 2.05) is 38.1 Å². The number of halogens is 3. The van der Waals surface area contributed by atoms with Crippen LogP contribution >= 0.6 is 11.6 Å². The number of hydrogen-bond donors (Lipinski definition) is 3. The lowest BCUT2D eigenvalue weighted by Gasteiger charge is -2.40. The minimum atomic E-state index is -1.12. The van der Waals surface area contributed by atoms with Gasteiger partial charge in [-0.3, -0.25) is 9.79 Å². The van der Waals surface area contributed by atoms with Crippen LogP contribution in [-0.2, 0) is 4.79 Å². The molecule has 3 atom stereocenters. The maximum absolute atomic E-state index is 15.2. The summed E-state index contributed by atoms with van der Waals surface area (Å²) in [4.78, 5) is 28.4. The molecule has 11 nitrogen and oxygen atoms in total. The highest BCUT2D eigenvalue weighted by molar-refractivity contribution is 6.31. The summed E-state index contributed by atoms with van der Waals surface area (Å²) in [6.45, 7) is 6.55. The highest BCUT2D eigenvalue weighted by Crippen LogP contribution is 2.35. The van der Waals surface area contributed by atoms with Crippen molar-refractivity contribution < 1.29 is 18.3 Å². The van der Waals surface area contributed by atoms with Gasteiger partial charge >= 0.3 is 0 Å². The summed E-state index contributed by atoms with van der Waals surface area (Å²) >= 11 is 6.43. The number of nitrogens with two attached hydrogens (primary N) is 1. The van der Waals surface area contributed by atoms with Crippen molar-refractivity contribution in [3.8, 4) is 5.75 Å². The molecule has 0 saturated carbocycles. The molecule has 1 aliphatic heterocycles. The van der Waals surface area contributed by atoms with Gasteiger partial charge in [0.1, 0.15) is 23.8 Å². The second-order valence-electron chi connectivity index (χ2n) is 10.5. The molecule has 0 radical (unpaired) electrons. The summed E-state index contributed by atoms with van der Waals surface area (Å²) in [6.07, 6.45) is 6.44. The molecule has 1 amide bonds. The van der Waals surface area contributed by atoms with Crippen molar-refractivity contribution in [3.05, 3.63) is 64.0 Å². The Labute approximate surface area is 255 Å². The number of rotatable bonds is 10. The van der Waals surface area contributed by atoms with Crippen LogP contribution in [0.1, 0.15) is 37.4 Å². The lowest BCUT2D eigenvalue weighted by molar-refractivity contribution is -0.127. The Hall–Kier alpha value is -3.65. The number of ether oxygens (including phenoxy) is 1. The Balaban J connectivity index is 1.75. The summed E-state index contributed by atoms with van der Waals surface area (Å²) in [5.41, 5.74) is 7.50. The Morgan fingerprint density at radius 1 is 1.26 bits per heavy atom. The Kier molecular flexibility index (Phi) is 10.7. The largest absolute Gasteiger partial charge is 0.494 e. The molecule has 43 heavy (non-hydrogen) atoms. The molecule has 232 valence electrons. The molecule has 14 heteroatoms. The van der Waals surface area contributed by atoms with Crippen LogP contribution in [0.25, 0.3) is 0 Å². The number of aliphatic imine (C=N–C) groups is 1. The number of methoxy groups -OCH3 is 1.